The van der Waals surface area contributed by atoms with Crippen LogP contribution in [0, 0.1) is 6.92 Å². The van der Waals surface area contributed by atoms with Gasteiger partial charge in [-0.25, -0.2) is 4.79 Å². The summed E-state index contributed by atoms with van der Waals surface area (Å²) < 4.78 is 5.05. The zero-order valence-electron chi connectivity index (χ0n) is 17.4. The molecule has 0 unspecified atom stereocenters. The van der Waals surface area contributed by atoms with Crippen LogP contribution in [-0.2, 0) is 15.6 Å². The van der Waals surface area contributed by atoms with Crippen LogP contribution in [-0.4, -0.2) is 12.6 Å². The molecule has 144 valence electrons. The minimum atomic E-state index is -0.280. The second kappa shape index (κ2) is 7.03. The molecule has 2 aromatic carbocycles. The van der Waals surface area contributed by atoms with Crippen molar-refractivity contribution in [3.63, 3.8) is 0 Å². The highest BCUT2D eigenvalue weighted by Crippen LogP contribution is 2.47. The summed E-state index contributed by atoms with van der Waals surface area (Å²) >= 11 is 0. The highest BCUT2D eigenvalue weighted by molar-refractivity contribution is 5.90. The Hall–Kier alpha value is -2.29. The standard InChI is InChI=1S/C24H31NO2/c1-7-27-22(26)17-8-10-18(11-9-17)25-21-15-20-19(14-16(21)2)23(3,4)12-13-24(20,5)6/h8-11,14-15,25H,7,12-13H2,1-6H3. The molecule has 0 aromatic heterocycles. The first-order valence-corrected chi connectivity index (χ1v) is 9.84. The third kappa shape index (κ3) is 3.87. The molecule has 0 amide bonds. The van der Waals surface area contributed by atoms with Gasteiger partial charge in [0.2, 0.25) is 0 Å². The maximum absolute atomic E-state index is 11.8. The highest BCUT2D eigenvalue weighted by atomic mass is 16.5. The smallest absolute Gasteiger partial charge is 0.338 e. The van der Waals surface area contributed by atoms with Crippen molar-refractivity contribution in [3.05, 3.63) is 58.7 Å². The number of esters is 1. The van der Waals surface area contributed by atoms with Crippen LogP contribution in [0.3, 0.4) is 0 Å². The maximum atomic E-state index is 11.8. The predicted molar refractivity (Wildman–Crippen MR) is 112 cm³/mol. The molecule has 1 aliphatic carbocycles. The maximum Gasteiger partial charge on any atom is 0.338 e. The van der Waals surface area contributed by atoms with Crippen molar-refractivity contribution in [2.75, 3.05) is 11.9 Å². The number of carbonyl (C=O) groups is 1. The molecule has 1 aliphatic rings. The normalized spacial score (nSPS) is 17.1. The van der Waals surface area contributed by atoms with Gasteiger partial charge in [0.25, 0.3) is 0 Å². The van der Waals surface area contributed by atoms with E-state index < -0.39 is 0 Å². The van der Waals surface area contributed by atoms with E-state index in [9.17, 15) is 4.79 Å². The molecule has 0 aliphatic heterocycles. The molecule has 0 radical (unpaired) electrons. The Morgan fingerprint density at radius 2 is 1.56 bits per heavy atom. The summed E-state index contributed by atoms with van der Waals surface area (Å²) in [5.74, 6) is -0.280. The van der Waals surface area contributed by atoms with Gasteiger partial charge in [0.05, 0.1) is 12.2 Å². The van der Waals surface area contributed by atoms with Crippen molar-refractivity contribution in [2.45, 2.75) is 65.2 Å². The second-order valence-corrected chi connectivity index (χ2v) is 8.90. The average Bonchev–Trinajstić information content (AvgIpc) is 2.61. The number of ether oxygens (including phenoxy) is 1. The number of benzene rings is 2. The molecule has 27 heavy (non-hydrogen) atoms. The van der Waals surface area contributed by atoms with Gasteiger partial charge in [0.15, 0.2) is 0 Å². The number of fused-ring (bicyclic) bond motifs is 1. The first-order valence-electron chi connectivity index (χ1n) is 9.84. The molecule has 0 heterocycles. The Kier molecular flexibility index (Phi) is 5.07. The van der Waals surface area contributed by atoms with Crippen LogP contribution in [0.4, 0.5) is 11.4 Å². The predicted octanol–water partition coefficient (Wildman–Crippen LogP) is 6.26. The van der Waals surface area contributed by atoms with Crippen molar-refractivity contribution in [1.29, 1.82) is 0 Å². The summed E-state index contributed by atoms with van der Waals surface area (Å²) in [5, 5.41) is 3.53. The molecule has 0 bridgehead atoms. The topological polar surface area (TPSA) is 38.3 Å². The van der Waals surface area contributed by atoms with Gasteiger partial charge in [-0.2, -0.15) is 0 Å². The van der Waals surface area contributed by atoms with E-state index in [1.165, 1.54) is 29.5 Å². The van der Waals surface area contributed by atoms with Crippen LogP contribution in [0.1, 0.15) is 74.5 Å². The number of rotatable bonds is 4. The third-order valence-corrected chi connectivity index (χ3v) is 5.87. The van der Waals surface area contributed by atoms with Crippen molar-refractivity contribution in [2.24, 2.45) is 0 Å². The first kappa shape index (κ1) is 19.5. The molecule has 2 aromatic rings. The van der Waals surface area contributed by atoms with E-state index in [0.29, 0.717) is 12.2 Å². The number of hydrogen-bond donors (Lipinski definition) is 1. The van der Waals surface area contributed by atoms with Crippen LogP contribution in [0.25, 0.3) is 0 Å². The van der Waals surface area contributed by atoms with E-state index in [1.807, 2.05) is 19.1 Å². The highest BCUT2D eigenvalue weighted by Gasteiger charge is 2.37. The van der Waals surface area contributed by atoms with Gasteiger partial charge < -0.3 is 10.1 Å². The number of nitrogens with one attached hydrogen (secondary N) is 1. The van der Waals surface area contributed by atoms with Crippen LogP contribution < -0.4 is 5.32 Å². The zero-order valence-corrected chi connectivity index (χ0v) is 17.4. The summed E-state index contributed by atoms with van der Waals surface area (Å²) in [6.45, 7) is 13.7. The lowest BCUT2D eigenvalue weighted by molar-refractivity contribution is 0.0526. The molecule has 0 saturated heterocycles. The van der Waals surface area contributed by atoms with Crippen molar-refractivity contribution in [1.82, 2.24) is 0 Å². The monoisotopic (exact) mass is 365 g/mol. The molecule has 0 fully saturated rings. The Balaban J connectivity index is 1.91. The number of carbonyl (C=O) groups excluding carboxylic acids is 1. The quantitative estimate of drug-likeness (QED) is 0.649. The van der Waals surface area contributed by atoms with Crippen LogP contribution in [0.15, 0.2) is 36.4 Å². The fourth-order valence-electron chi connectivity index (χ4n) is 3.92. The summed E-state index contributed by atoms with van der Waals surface area (Å²) in [6, 6.07) is 12.2. The second-order valence-electron chi connectivity index (χ2n) is 8.90. The first-order chi connectivity index (χ1) is 12.6. The van der Waals surface area contributed by atoms with Crippen LogP contribution in [0.2, 0.25) is 0 Å². The summed E-state index contributed by atoms with van der Waals surface area (Å²) in [4.78, 5) is 11.8. The number of hydrogen-bond acceptors (Lipinski definition) is 3. The third-order valence-electron chi connectivity index (χ3n) is 5.87. The summed E-state index contributed by atoms with van der Waals surface area (Å²) in [7, 11) is 0. The summed E-state index contributed by atoms with van der Waals surface area (Å²) in [6.07, 6.45) is 2.41. The lowest BCUT2D eigenvalue weighted by Crippen LogP contribution is -2.34. The number of anilines is 2. The van der Waals surface area contributed by atoms with Gasteiger partial charge in [-0.15, -0.1) is 0 Å². The van der Waals surface area contributed by atoms with Crippen molar-refractivity contribution < 1.29 is 9.53 Å². The average molecular weight is 366 g/mol. The van der Waals surface area contributed by atoms with E-state index in [0.717, 1.165) is 11.4 Å². The largest absolute Gasteiger partial charge is 0.462 e. The van der Waals surface area contributed by atoms with Gasteiger partial charge in [-0.05, 0) is 84.5 Å². The SMILES string of the molecule is CCOC(=O)c1ccc(Nc2cc3c(cc2C)C(C)(C)CCC3(C)C)cc1. The molecule has 1 N–H and O–H groups in total. The van der Waals surface area contributed by atoms with Gasteiger partial charge in [0.1, 0.15) is 0 Å². The molecule has 0 saturated carbocycles. The van der Waals surface area contributed by atoms with Gasteiger partial charge in [-0.3, -0.25) is 0 Å². The van der Waals surface area contributed by atoms with Gasteiger partial charge >= 0.3 is 5.97 Å². The minimum absolute atomic E-state index is 0.183. The fourth-order valence-corrected chi connectivity index (χ4v) is 3.92. The molecule has 0 atom stereocenters. The van der Waals surface area contributed by atoms with E-state index in [1.54, 1.807) is 12.1 Å². The van der Waals surface area contributed by atoms with Gasteiger partial charge in [0, 0.05) is 11.4 Å². The van der Waals surface area contributed by atoms with Crippen LogP contribution >= 0.6 is 0 Å². The zero-order chi connectivity index (χ0) is 19.8. The van der Waals surface area contributed by atoms with Crippen molar-refractivity contribution >= 4 is 17.3 Å². The molecular formula is C24H31NO2. The molecule has 3 heteroatoms. The Labute approximate surface area is 163 Å². The molecule has 3 nitrogen and oxygen atoms in total. The summed E-state index contributed by atoms with van der Waals surface area (Å²) in [5.41, 5.74) is 7.23. The minimum Gasteiger partial charge on any atom is -0.462 e. The van der Waals surface area contributed by atoms with E-state index in [2.05, 4.69) is 52.1 Å². The Morgan fingerprint density at radius 1 is 1.00 bits per heavy atom. The number of aryl methyl sites for hydroxylation is 1. The van der Waals surface area contributed by atoms with E-state index in [4.69, 9.17) is 4.74 Å². The molecular weight excluding hydrogens is 334 g/mol. The Bertz CT molecular complexity index is 847. The lowest BCUT2D eigenvalue weighted by Gasteiger charge is -2.42. The van der Waals surface area contributed by atoms with E-state index in [-0.39, 0.29) is 16.8 Å². The molecule has 3 rings (SSSR count). The fraction of sp³-hybridized carbons (Fsp3) is 0.458. The Morgan fingerprint density at radius 3 is 2.11 bits per heavy atom. The lowest BCUT2D eigenvalue weighted by atomic mass is 9.63. The van der Waals surface area contributed by atoms with E-state index >= 15 is 0 Å². The van der Waals surface area contributed by atoms with Crippen LogP contribution in [0.5, 0.6) is 0 Å². The van der Waals surface area contributed by atoms with Crippen molar-refractivity contribution in [3.8, 4) is 0 Å². The molecule has 0 spiro atoms. The van der Waals surface area contributed by atoms with Gasteiger partial charge in [-0.1, -0.05) is 33.8 Å².